The smallest absolute Gasteiger partial charge is 0.277 e. The Morgan fingerprint density at radius 2 is 2.00 bits per heavy atom. The zero-order chi connectivity index (χ0) is 11.7. The fourth-order valence-electron chi connectivity index (χ4n) is 1.30. The average molecular weight is 249 g/mol. The third kappa shape index (κ3) is 2.07. The maximum atomic E-state index is 5.08. The first-order valence-electron chi connectivity index (χ1n) is 4.81. The molecule has 0 bridgehead atoms. The van der Waals surface area contributed by atoms with Crippen LogP contribution in [-0.4, -0.2) is 25.3 Å². The summed E-state index contributed by atoms with van der Waals surface area (Å²) in [7, 11) is 0. The van der Waals surface area contributed by atoms with Crippen LogP contribution in [0.3, 0.4) is 0 Å². The normalized spacial score (nSPS) is 10.9. The van der Waals surface area contributed by atoms with E-state index in [1.165, 1.54) is 11.3 Å². The minimum atomic E-state index is 0.380. The van der Waals surface area contributed by atoms with Crippen molar-refractivity contribution in [2.75, 3.05) is 0 Å². The highest BCUT2D eigenvalue weighted by Gasteiger charge is 2.13. The Kier molecular flexibility index (Phi) is 2.41. The Balaban J connectivity index is 1.81. The molecule has 17 heavy (non-hydrogen) atoms. The van der Waals surface area contributed by atoms with Crippen molar-refractivity contribution in [2.45, 2.75) is 13.3 Å². The minimum absolute atomic E-state index is 0.380. The summed E-state index contributed by atoms with van der Waals surface area (Å²) in [5.74, 6) is 1.96. The summed E-state index contributed by atoms with van der Waals surface area (Å²) in [6, 6.07) is 0. The fraction of sp³-hybridized carbons (Fsp3) is 0.222. The van der Waals surface area contributed by atoms with Crippen LogP contribution in [-0.2, 0) is 6.42 Å². The molecule has 0 N–H and O–H groups in total. The summed E-state index contributed by atoms with van der Waals surface area (Å²) < 4.78 is 9.94. The highest BCUT2D eigenvalue weighted by Crippen LogP contribution is 2.17. The molecule has 0 amide bonds. The second-order valence-corrected chi connectivity index (χ2v) is 4.01. The van der Waals surface area contributed by atoms with Gasteiger partial charge in [-0.1, -0.05) is 10.3 Å². The molecule has 0 aliphatic heterocycles. The molecule has 0 radical (unpaired) electrons. The van der Waals surface area contributed by atoms with Crippen LogP contribution >= 0.6 is 11.3 Å². The van der Waals surface area contributed by atoms with E-state index in [1.807, 2.05) is 5.38 Å². The monoisotopic (exact) mass is 249 g/mol. The molecule has 0 spiro atoms. The molecule has 0 fully saturated rings. The zero-order valence-corrected chi connectivity index (χ0v) is 9.64. The van der Waals surface area contributed by atoms with Crippen LogP contribution < -0.4 is 0 Å². The lowest BCUT2D eigenvalue weighted by molar-refractivity contribution is 0.387. The van der Waals surface area contributed by atoms with Crippen molar-refractivity contribution in [1.82, 2.24) is 25.3 Å². The van der Waals surface area contributed by atoms with Crippen molar-refractivity contribution in [3.63, 3.8) is 0 Å². The number of thiazole rings is 1. The van der Waals surface area contributed by atoms with Crippen molar-refractivity contribution in [3.05, 3.63) is 28.4 Å². The molecule has 8 heteroatoms. The van der Waals surface area contributed by atoms with E-state index in [0.717, 1.165) is 0 Å². The molecule has 0 atom stereocenters. The highest BCUT2D eigenvalue weighted by atomic mass is 32.1. The van der Waals surface area contributed by atoms with E-state index in [9.17, 15) is 0 Å². The van der Waals surface area contributed by atoms with E-state index in [0.29, 0.717) is 35.5 Å². The van der Waals surface area contributed by atoms with E-state index in [4.69, 9.17) is 9.05 Å². The maximum absolute atomic E-state index is 5.08. The van der Waals surface area contributed by atoms with Crippen molar-refractivity contribution >= 4 is 11.3 Å². The second kappa shape index (κ2) is 4.06. The lowest BCUT2D eigenvalue weighted by Crippen LogP contribution is -1.93. The van der Waals surface area contributed by atoms with Crippen LogP contribution in [0.2, 0.25) is 0 Å². The van der Waals surface area contributed by atoms with Crippen molar-refractivity contribution in [2.24, 2.45) is 0 Å². The highest BCUT2D eigenvalue weighted by molar-refractivity contribution is 7.07. The van der Waals surface area contributed by atoms with Crippen LogP contribution in [0.25, 0.3) is 11.6 Å². The first kappa shape index (κ1) is 10.1. The average Bonchev–Trinajstić information content (AvgIpc) is 3.00. The summed E-state index contributed by atoms with van der Waals surface area (Å²) in [6.07, 6.45) is 0.380. The van der Waals surface area contributed by atoms with Gasteiger partial charge in [-0.2, -0.15) is 9.97 Å². The Morgan fingerprint density at radius 3 is 2.71 bits per heavy atom. The molecule has 3 aromatic rings. The Morgan fingerprint density at radius 1 is 1.18 bits per heavy atom. The minimum Gasteiger partial charge on any atom is -0.340 e. The van der Waals surface area contributed by atoms with Gasteiger partial charge in [-0.15, -0.1) is 11.3 Å². The molecule has 3 rings (SSSR count). The van der Waals surface area contributed by atoms with Gasteiger partial charge in [0, 0.05) is 12.3 Å². The van der Waals surface area contributed by atoms with E-state index < -0.39 is 0 Å². The molecular weight excluding hydrogens is 242 g/mol. The lowest BCUT2D eigenvalue weighted by atomic mass is 10.4. The quantitative estimate of drug-likeness (QED) is 0.694. The Bertz CT molecular complexity index is 615. The first-order valence-corrected chi connectivity index (χ1v) is 5.76. The van der Waals surface area contributed by atoms with Gasteiger partial charge in [0.05, 0.1) is 11.9 Å². The third-order valence-electron chi connectivity index (χ3n) is 2.01. The number of aryl methyl sites for hydroxylation is 1. The number of nitrogens with zero attached hydrogens (tertiary/aromatic N) is 5. The largest absolute Gasteiger partial charge is 0.340 e. The summed E-state index contributed by atoms with van der Waals surface area (Å²) >= 11 is 1.47. The number of aromatic nitrogens is 5. The zero-order valence-electron chi connectivity index (χ0n) is 8.82. The summed E-state index contributed by atoms with van der Waals surface area (Å²) in [5.41, 5.74) is 2.39. The second-order valence-electron chi connectivity index (χ2n) is 3.30. The van der Waals surface area contributed by atoms with Gasteiger partial charge in [0.25, 0.3) is 5.89 Å². The SMILES string of the molecule is Cc1nc(Cc2noc(-c3cscn3)n2)no1. The van der Waals surface area contributed by atoms with Crippen molar-refractivity contribution in [1.29, 1.82) is 0 Å². The standard InChI is InChI=1S/C9H7N5O2S/c1-5-11-7(13-15-5)2-8-12-9(16-14-8)6-3-17-4-10-6/h3-4H,2H2,1H3. The van der Waals surface area contributed by atoms with Crippen molar-refractivity contribution in [3.8, 4) is 11.6 Å². The van der Waals surface area contributed by atoms with Crippen LogP contribution in [0.1, 0.15) is 17.5 Å². The Labute approximate surface area is 99.5 Å². The van der Waals surface area contributed by atoms with E-state index in [1.54, 1.807) is 12.4 Å². The summed E-state index contributed by atoms with van der Waals surface area (Å²) in [6.45, 7) is 1.73. The molecule has 7 nitrogen and oxygen atoms in total. The topological polar surface area (TPSA) is 90.7 Å². The molecule has 86 valence electrons. The molecule has 3 heterocycles. The predicted octanol–water partition coefficient (Wildman–Crippen LogP) is 1.48. The predicted molar refractivity (Wildman–Crippen MR) is 57.2 cm³/mol. The lowest BCUT2D eigenvalue weighted by Gasteiger charge is -1.84. The third-order valence-corrected chi connectivity index (χ3v) is 2.59. The van der Waals surface area contributed by atoms with Gasteiger partial charge in [-0.25, -0.2) is 4.98 Å². The Hall–Kier alpha value is -2.09. The van der Waals surface area contributed by atoms with E-state index in [-0.39, 0.29) is 0 Å². The van der Waals surface area contributed by atoms with Gasteiger partial charge in [0.15, 0.2) is 11.6 Å². The van der Waals surface area contributed by atoms with E-state index >= 15 is 0 Å². The van der Waals surface area contributed by atoms with Gasteiger partial charge in [0.1, 0.15) is 5.69 Å². The summed E-state index contributed by atoms with van der Waals surface area (Å²) in [5, 5.41) is 9.44. The van der Waals surface area contributed by atoms with Gasteiger partial charge < -0.3 is 9.05 Å². The van der Waals surface area contributed by atoms with Crippen LogP contribution in [0.15, 0.2) is 19.9 Å². The number of rotatable bonds is 3. The van der Waals surface area contributed by atoms with Gasteiger partial charge in [0.2, 0.25) is 5.89 Å². The number of hydrogen-bond donors (Lipinski definition) is 0. The van der Waals surface area contributed by atoms with E-state index in [2.05, 4.69) is 25.3 Å². The number of hydrogen-bond acceptors (Lipinski definition) is 8. The molecule has 3 aromatic heterocycles. The molecule has 0 aliphatic carbocycles. The van der Waals surface area contributed by atoms with Gasteiger partial charge in [-0.3, -0.25) is 0 Å². The van der Waals surface area contributed by atoms with Crippen LogP contribution in [0.5, 0.6) is 0 Å². The molecule has 0 saturated carbocycles. The molecule has 0 aliphatic rings. The van der Waals surface area contributed by atoms with Crippen LogP contribution in [0.4, 0.5) is 0 Å². The molecule has 0 aromatic carbocycles. The fourth-order valence-corrected chi connectivity index (χ4v) is 1.83. The van der Waals surface area contributed by atoms with Crippen LogP contribution in [0, 0.1) is 6.92 Å². The summed E-state index contributed by atoms with van der Waals surface area (Å²) in [4.78, 5) is 12.4. The molecule has 0 saturated heterocycles. The molecule has 0 unspecified atom stereocenters. The first-order chi connectivity index (χ1) is 8.31. The molecular formula is C9H7N5O2S. The van der Waals surface area contributed by atoms with Crippen molar-refractivity contribution < 1.29 is 9.05 Å². The van der Waals surface area contributed by atoms with Gasteiger partial charge >= 0.3 is 0 Å². The maximum Gasteiger partial charge on any atom is 0.277 e. The van der Waals surface area contributed by atoms with Gasteiger partial charge in [-0.05, 0) is 0 Å².